The average Bonchev–Trinajstić information content (AvgIpc) is 2.85. The van der Waals surface area contributed by atoms with Crippen LogP contribution in [0.25, 0.3) is 21.8 Å². The molecule has 1 aromatic heterocycles. The smallest absolute Gasteiger partial charge is 0.0465 e. The molecule has 3 rings (SSSR count). The van der Waals surface area contributed by atoms with Crippen molar-refractivity contribution in [2.24, 2.45) is 0 Å². The Morgan fingerprint density at radius 3 is 2.65 bits per heavy atom. The molecule has 1 N–H and O–H groups in total. The van der Waals surface area contributed by atoms with Gasteiger partial charge in [-0.2, -0.15) is 0 Å². The lowest BCUT2D eigenvalue weighted by atomic mass is 10.0. The largest absolute Gasteiger partial charge is 0.355 e. The lowest BCUT2D eigenvalue weighted by molar-refractivity contribution is 0.664. The molecule has 0 aliphatic heterocycles. The molecule has 0 saturated carbocycles. The molecule has 0 aliphatic rings. The number of alkyl halides is 1. The Labute approximate surface area is 128 Å². The summed E-state index contributed by atoms with van der Waals surface area (Å²) < 4.78 is 0. The third-order valence-corrected chi connectivity index (χ3v) is 4.94. The first-order valence-corrected chi connectivity index (χ1v) is 8.35. The molecule has 104 valence electrons. The Hall–Kier alpha value is -1.28. The molecule has 20 heavy (non-hydrogen) atoms. The van der Waals surface area contributed by atoms with Gasteiger partial charge in [-0.05, 0) is 30.2 Å². The highest BCUT2D eigenvalue weighted by molar-refractivity contribution is 9.09. The average molecular weight is 330 g/mol. The molecule has 1 heterocycles. The van der Waals surface area contributed by atoms with Gasteiger partial charge < -0.3 is 4.98 Å². The van der Waals surface area contributed by atoms with E-state index < -0.39 is 0 Å². The number of hydrogen-bond donors (Lipinski definition) is 1. The van der Waals surface area contributed by atoms with Crippen LogP contribution in [0.4, 0.5) is 0 Å². The molecule has 0 amide bonds. The van der Waals surface area contributed by atoms with E-state index in [9.17, 15) is 0 Å². The molecule has 0 radical (unpaired) electrons. The highest BCUT2D eigenvalue weighted by Crippen LogP contribution is 2.33. The Bertz CT molecular complexity index is 714. The summed E-state index contributed by atoms with van der Waals surface area (Å²) in [6, 6.07) is 15.3. The van der Waals surface area contributed by atoms with Crippen LogP contribution in [-0.4, -0.2) is 4.98 Å². The Balaban J connectivity index is 1.95. The quantitative estimate of drug-likeness (QED) is 0.415. The number of aromatic nitrogens is 1. The normalized spacial score (nSPS) is 13.1. The van der Waals surface area contributed by atoms with Crippen molar-refractivity contribution in [3.63, 3.8) is 0 Å². The second kappa shape index (κ2) is 6.01. The zero-order chi connectivity index (χ0) is 13.9. The van der Waals surface area contributed by atoms with Gasteiger partial charge in [0.2, 0.25) is 0 Å². The van der Waals surface area contributed by atoms with Crippen molar-refractivity contribution in [3.05, 3.63) is 48.0 Å². The van der Waals surface area contributed by atoms with Crippen molar-refractivity contribution in [2.75, 3.05) is 0 Å². The minimum atomic E-state index is 0.465. The minimum Gasteiger partial charge on any atom is -0.355 e. The monoisotopic (exact) mass is 329 g/mol. The second-order valence-corrected chi connectivity index (χ2v) is 6.54. The van der Waals surface area contributed by atoms with Crippen molar-refractivity contribution in [3.8, 4) is 0 Å². The summed E-state index contributed by atoms with van der Waals surface area (Å²) in [6.45, 7) is 2.25. The van der Waals surface area contributed by atoms with E-state index >= 15 is 0 Å². The summed E-state index contributed by atoms with van der Waals surface area (Å²) in [5.74, 6) is 0. The van der Waals surface area contributed by atoms with Crippen LogP contribution >= 0.6 is 15.9 Å². The van der Waals surface area contributed by atoms with Crippen LogP contribution in [0.1, 0.15) is 43.0 Å². The van der Waals surface area contributed by atoms with Crippen molar-refractivity contribution in [2.45, 2.75) is 37.4 Å². The molecule has 1 unspecified atom stereocenters. The molecule has 0 bridgehead atoms. The van der Waals surface area contributed by atoms with Gasteiger partial charge in [0, 0.05) is 26.6 Å². The van der Waals surface area contributed by atoms with Crippen LogP contribution in [0.5, 0.6) is 0 Å². The molecule has 1 nitrogen and oxygen atoms in total. The first-order chi connectivity index (χ1) is 9.79. The summed E-state index contributed by atoms with van der Waals surface area (Å²) in [5.41, 5.74) is 3.83. The molecule has 2 aromatic carbocycles. The van der Waals surface area contributed by atoms with Crippen LogP contribution in [0, 0.1) is 0 Å². The summed E-state index contributed by atoms with van der Waals surface area (Å²) >= 11 is 3.84. The number of hydrogen-bond acceptors (Lipinski definition) is 0. The maximum absolute atomic E-state index is 3.84. The van der Waals surface area contributed by atoms with Gasteiger partial charge in [-0.25, -0.2) is 0 Å². The SMILES string of the molecule is CCCCCC(Br)c1ccc2[nH]c3ccccc3c2c1. The first kappa shape index (κ1) is 13.7. The second-order valence-electron chi connectivity index (χ2n) is 5.44. The van der Waals surface area contributed by atoms with Gasteiger partial charge >= 0.3 is 0 Å². The number of halogens is 1. The number of fused-ring (bicyclic) bond motifs is 3. The molecule has 0 aliphatic carbocycles. The summed E-state index contributed by atoms with van der Waals surface area (Å²) in [6.07, 6.45) is 5.10. The molecule has 0 spiro atoms. The first-order valence-electron chi connectivity index (χ1n) is 7.44. The summed E-state index contributed by atoms with van der Waals surface area (Å²) in [7, 11) is 0. The topological polar surface area (TPSA) is 15.8 Å². The van der Waals surface area contributed by atoms with Gasteiger partial charge in [-0.15, -0.1) is 0 Å². The van der Waals surface area contributed by atoms with Gasteiger partial charge in [0.15, 0.2) is 0 Å². The number of rotatable bonds is 5. The standard InChI is InChI=1S/C18H20BrN/c1-2-3-4-8-16(19)13-10-11-18-15(12-13)14-7-5-6-9-17(14)20-18/h5-7,9-12,16,20H,2-4,8H2,1H3. The Kier molecular flexibility index (Phi) is 4.11. The van der Waals surface area contributed by atoms with E-state index in [1.165, 1.54) is 53.1 Å². The van der Waals surface area contributed by atoms with Crippen LogP contribution < -0.4 is 0 Å². The van der Waals surface area contributed by atoms with E-state index in [-0.39, 0.29) is 0 Å². The maximum Gasteiger partial charge on any atom is 0.0465 e. The predicted molar refractivity (Wildman–Crippen MR) is 91.6 cm³/mol. The van der Waals surface area contributed by atoms with E-state index in [0.29, 0.717) is 4.83 Å². The van der Waals surface area contributed by atoms with Gasteiger partial charge in [-0.3, -0.25) is 0 Å². The van der Waals surface area contributed by atoms with Crippen LogP contribution in [0.3, 0.4) is 0 Å². The molecule has 2 heteroatoms. The number of benzene rings is 2. The summed E-state index contributed by atoms with van der Waals surface area (Å²) in [4.78, 5) is 3.95. The number of nitrogens with one attached hydrogen (secondary N) is 1. The fourth-order valence-corrected chi connectivity index (χ4v) is 3.41. The zero-order valence-corrected chi connectivity index (χ0v) is 13.4. The van der Waals surface area contributed by atoms with Crippen LogP contribution in [-0.2, 0) is 0 Å². The lowest BCUT2D eigenvalue weighted by Crippen LogP contribution is -1.90. The van der Waals surface area contributed by atoms with Crippen LogP contribution in [0.15, 0.2) is 42.5 Å². The fraction of sp³-hybridized carbons (Fsp3) is 0.333. The van der Waals surface area contributed by atoms with Crippen molar-refractivity contribution in [1.82, 2.24) is 4.98 Å². The maximum atomic E-state index is 3.84. The minimum absolute atomic E-state index is 0.465. The van der Waals surface area contributed by atoms with E-state index in [2.05, 4.69) is 70.3 Å². The van der Waals surface area contributed by atoms with Gasteiger partial charge in [-0.1, -0.05) is 66.4 Å². The van der Waals surface area contributed by atoms with Crippen molar-refractivity contribution in [1.29, 1.82) is 0 Å². The lowest BCUT2D eigenvalue weighted by Gasteiger charge is -2.10. The molecule has 0 fully saturated rings. The van der Waals surface area contributed by atoms with E-state index in [1.807, 2.05) is 0 Å². The molecular formula is C18H20BrN. The zero-order valence-electron chi connectivity index (χ0n) is 11.8. The molecular weight excluding hydrogens is 310 g/mol. The number of H-pyrrole nitrogens is 1. The van der Waals surface area contributed by atoms with Crippen LogP contribution in [0.2, 0.25) is 0 Å². The molecule has 0 saturated heterocycles. The third-order valence-electron chi connectivity index (χ3n) is 3.95. The fourth-order valence-electron chi connectivity index (χ4n) is 2.80. The van der Waals surface area contributed by atoms with E-state index in [0.717, 1.165) is 0 Å². The van der Waals surface area contributed by atoms with Gasteiger partial charge in [0.25, 0.3) is 0 Å². The number of aromatic amines is 1. The third kappa shape index (κ3) is 2.62. The van der Waals surface area contributed by atoms with E-state index in [1.54, 1.807) is 0 Å². The van der Waals surface area contributed by atoms with Gasteiger partial charge in [0.1, 0.15) is 0 Å². The highest BCUT2D eigenvalue weighted by Gasteiger charge is 2.10. The Morgan fingerprint density at radius 2 is 1.80 bits per heavy atom. The van der Waals surface area contributed by atoms with Crippen molar-refractivity contribution >= 4 is 37.7 Å². The molecule has 3 aromatic rings. The van der Waals surface area contributed by atoms with E-state index in [4.69, 9.17) is 0 Å². The molecule has 1 atom stereocenters. The summed E-state index contributed by atoms with van der Waals surface area (Å²) in [5, 5.41) is 2.65. The number of unbranched alkanes of at least 4 members (excludes halogenated alkanes) is 2. The predicted octanol–water partition coefficient (Wildman–Crippen LogP) is 6.34. The number of para-hydroxylation sites is 1. The Morgan fingerprint density at radius 1 is 1.00 bits per heavy atom. The van der Waals surface area contributed by atoms with Crippen molar-refractivity contribution < 1.29 is 0 Å². The highest BCUT2D eigenvalue weighted by atomic mass is 79.9. The van der Waals surface area contributed by atoms with Gasteiger partial charge in [0.05, 0.1) is 0 Å².